The number of para-hydroxylation sites is 2. The monoisotopic (exact) mass is 569 g/mol. The molecule has 0 unspecified atom stereocenters. The Labute approximate surface area is 249 Å². The Balaban J connectivity index is 1.75. The second kappa shape index (κ2) is 15.2. The fourth-order valence-electron chi connectivity index (χ4n) is 4.86. The molecule has 0 aliphatic carbocycles. The molecule has 0 atom stereocenters. The molecule has 1 heterocycles. The van der Waals surface area contributed by atoms with E-state index < -0.39 is 0 Å². The van der Waals surface area contributed by atoms with Crippen molar-refractivity contribution in [2.45, 2.75) is 79.1 Å². The molecule has 0 aliphatic rings. The number of aryl methyl sites for hydroxylation is 2. The summed E-state index contributed by atoms with van der Waals surface area (Å²) in [7, 11) is 0. The van der Waals surface area contributed by atoms with Gasteiger partial charge in [-0.1, -0.05) is 88.3 Å². The number of hydrogen-bond acceptors (Lipinski definition) is 7. The molecule has 2 N–H and O–H groups in total. The van der Waals surface area contributed by atoms with Crippen molar-refractivity contribution in [3.63, 3.8) is 0 Å². The highest BCUT2D eigenvalue weighted by atomic mass is 16.5. The first-order chi connectivity index (χ1) is 20.4. The Kier molecular flexibility index (Phi) is 11.2. The third-order valence-corrected chi connectivity index (χ3v) is 7.25. The van der Waals surface area contributed by atoms with Crippen LogP contribution in [0.25, 0.3) is 34.2 Å². The van der Waals surface area contributed by atoms with Gasteiger partial charge >= 0.3 is 0 Å². The van der Waals surface area contributed by atoms with Crippen LogP contribution in [0.15, 0.2) is 54.6 Å². The van der Waals surface area contributed by atoms with Gasteiger partial charge in [0.1, 0.15) is 0 Å². The van der Waals surface area contributed by atoms with E-state index in [1.165, 1.54) is 0 Å². The van der Waals surface area contributed by atoms with Crippen molar-refractivity contribution < 1.29 is 19.7 Å². The van der Waals surface area contributed by atoms with E-state index in [-0.39, 0.29) is 23.1 Å². The maximum atomic E-state index is 11.2. The minimum atomic E-state index is -0.0231. The second-order valence-electron chi connectivity index (χ2n) is 10.7. The lowest BCUT2D eigenvalue weighted by Gasteiger charge is -2.14. The van der Waals surface area contributed by atoms with E-state index >= 15 is 0 Å². The SMILES string of the molecule is CCCCCCOc1cccc(-c2nc(-c3ccc(C)cc3C)nc(-c3cccc(OCCCCCC)c3O)n2)c1O. The number of ether oxygens (including phenoxy) is 2. The van der Waals surface area contributed by atoms with Crippen molar-refractivity contribution in [3.8, 4) is 57.2 Å². The summed E-state index contributed by atoms with van der Waals surface area (Å²) in [5, 5.41) is 22.4. The molecule has 0 bridgehead atoms. The van der Waals surface area contributed by atoms with Crippen molar-refractivity contribution in [1.29, 1.82) is 0 Å². The highest BCUT2D eigenvalue weighted by Crippen LogP contribution is 2.40. The topological polar surface area (TPSA) is 97.6 Å². The van der Waals surface area contributed by atoms with Crippen LogP contribution in [0.4, 0.5) is 0 Å². The Morgan fingerprint density at radius 1 is 0.571 bits per heavy atom. The first-order valence-corrected chi connectivity index (χ1v) is 15.2. The Morgan fingerprint density at radius 2 is 1.05 bits per heavy atom. The van der Waals surface area contributed by atoms with Crippen LogP contribution in [0, 0.1) is 13.8 Å². The molecule has 0 radical (unpaired) electrons. The fraction of sp³-hybridized carbons (Fsp3) is 0.400. The van der Waals surface area contributed by atoms with E-state index in [0.717, 1.165) is 68.1 Å². The summed E-state index contributed by atoms with van der Waals surface area (Å²) in [5.74, 6) is 1.75. The lowest BCUT2D eigenvalue weighted by molar-refractivity contribution is 0.289. The zero-order valence-electron chi connectivity index (χ0n) is 25.3. The normalized spacial score (nSPS) is 11.0. The number of rotatable bonds is 15. The zero-order chi connectivity index (χ0) is 29.9. The molecule has 42 heavy (non-hydrogen) atoms. The highest BCUT2D eigenvalue weighted by Gasteiger charge is 2.20. The predicted molar refractivity (Wildman–Crippen MR) is 168 cm³/mol. The summed E-state index contributed by atoms with van der Waals surface area (Å²) in [6.45, 7) is 9.43. The van der Waals surface area contributed by atoms with Crippen LogP contribution in [0.2, 0.25) is 0 Å². The molecule has 0 saturated carbocycles. The summed E-state index contributed by atoms with van der Waals surface area (Å²) in [4.78, 5) is 14.3. The number of benzene rings is 3. The quantitative estimate of drug-likeness (QED) is 0.138. The van der Waals surface area contributed by atoms with Gasteiger partial charge in [-0.05, 0) is 56.5 Å². The van der Waals surface area contributed by atoms with E-state index in [0.29, 0.717) is 41.7 Å². The van der Waals surface area contributed by atoms with E-state index in [1.54, 1.807) is 24.3 Å². The van der Waals surface area contributed by atoms with Gasteiger partial charge in [0.25, 0.3) is 0 Å². The molecule has 0 amide bonds. The fourth-order valence-corrected chi connectivity index (χ4v) is 4.86. The van der Waals surface area contributed by atoms with Gasteiger partial charge in [0, 0.05) is 5.56 Å². The van der Waals surface area contributed by atoms with Crippen LogP contribution in [-0.2, 0) is 0 Å². The third-order valence-electron chi connectivity index (χ3n) is 7.25. The molecule has 7 heteroatoms. The average molecular weight is 570 g/mol. The summed E-state index contributed by atoms with van der Waals surface area (Å²) >= 11 is 0. The number of unbranched alkanes of at least 4 members (excludes halogenated alkanes) is 6. The lowest BCUT2D eigenvalue weighted by atomic mass is 10.0. The molecule has 3 aromatic carbocycles. The van der Waals surface area contributed by atoms with Gasteiger partial charge in [0.05, 0.1) is 24.3 Å². The van der Waals surface area contributed by atoms with Gasteiger partial charge in [-0.25, -0.2) is 15.0 Å². The van der Waals surface area contributed by atoms with Crippen LogP contribution >= 0.6 is 0 Å². The van der Waals surface area contributed by atoms with Crippen LogP contribution in [0.1, 0.15) is 76.3 Å². The van der Waals surface area contributed by atoms with Crippen molar-refractivity contribution in [2.75, 3.05) is 13.2 Å². The molecule has 1 aromatic heterocycles. The predicted octanol–water partition coefficient (Wildman–Crippen LogP) is 8.82. The molecular formula is C35H43N3O4. The van der Waals surface area contributed by atoms with Crippen LogP contribution < -0.4 is 9.47 Å². The van der Waals surface area contributed by atoms with Crippen molar-refractivity contribution in [1.82, 2.24) is 15.0 Å². The zero-order valence-corrected chi connectivity index (χ0v) is 25.3. The minimum Gasteiger partial charge on any atom is -0.504 e. The van der Waals surface area contributed by atoms with E-state index in [2.05, 4.69) is 19.9 Å². The maximum absolute atomic E-state index is 11.2. The molecule has 0 saturated heterocycles. The lowest BCUT2D eigenvalue weighted by Crippen LogP contribution is -2.03. The summed E-state index contributed by atoms with van der Waals surface area (Å²) in [6.07, 6.45) is 8.60. The Hall–Kier alpha value is -4.13. The number of nitrogens with zero attached hydrogens (tertiary/aromatic N) is 3. The van der Waals surface area contributed by atoms with Crippen LogP contribution in [-0.4, -0.2) is 38.4 Å². The largest absolute Gasteiger partial charge is 0.504 e. The molecule has 4 rings (SSSR count). The standard InChI is InChI=1S/C35H43N3O4/c1-5-7-9-11-21-41-29-17-13-15-27(31(29)39)34-36-33(26-20-19-24(3)23-25(26)4)37-35(38-34)28-16-14-18-30(32(28)40)42-22-12-10-8-6-2/h13-20,23,39-40H,5-12,21-22H2,1-4H3. The van der Waals surface area contributed by atoms with Crippen LogP contribution in [0.3, 0.4) is 0 Å². The molecule has 7 nitrogen and oxygen atoms in total. The van der Waals surface area contributed by atoms with Gasteiger partial charge in [0.15, 0.2) is 40.5 Å². The first-order valence-electron chi connectivity index (χ1n) is 15.2. The molecule has 222 valence electrons. The summed E-state index contributed by atoms with van der Waals surface area (Å²) in [5.41, 5.74) is 3.85. The molecule has 0 spiro atoms. The molecule has 0 aliphatic heterocycles. The smallest absolute Gasteiger partial charge is 0.168 e. The number of hydrogen-bond donors (Lipinski definition) is 2. The number of phenolic OH excluding ortho intramolecular Hbond substituents is 2. The number of phenols is 2. The van der Waals surface area contributed by atoms with Gasteiger partial charge in [-0.3, -0.25) is 0 Å². The number of aromatic nitrogens is 3. The molecular weight excluding hydrogens is 526 g/mol. The van der Waals surface area contributed by atoms with Gasteiger partial charge in [-0.15, -0.1) is 0 Å². The Bertz CT molecular complexity index is 1390. The van der Waals surface area contributed by atoms with Gasteiger partial charge < -0.3 is 19.7 Å². The average Bonchev–Trinajstić information content (AvgIpc) is 2.98. The summed E-state index contributed by atoms with van der Waals surface area (Å²) in [6, 6.07) is 16.7. The van der Waals surface area contributed by atoms with Crippen LogP contribution in [0.5, 0.6) is 23.0 Å². The van der Waals surface area contributed by atoms with Gasteiger partial charge in [-0.2, -0.15) is 0 Å². The maximum Gasteiger partial charge on any atom is 0.168 e. The third kappa shape index (κ3) is 7.78. The first kappa shape index (κ1) is 30.8. The van der Waals surface area contributed by atoms with E-state index in [1.807, 2.05) is 38.1 Å². The van der Waals surface area contributed by atoms with E-state index in [9.17, 15) is 10.2 Å². The van der Waals surface area contributed by atoms with Gasteiger partial charge in [0.2, 0.25) is 0 Å². The molecule has 0 fully saturated rings. The van der Waals surface area contributed by atoms with E-state index in [4.69, 9.17) is 24.4 Å². The summed E-state index contributed by atoms with van der Waals surface area (Å²) < 4.78 is 11.9. The highest BCUT2D eigenvalue weighted by molar-refractivity contribution is 5.75. The van der Waals surface area contributed by atoms with Crippen molar-refractivity contribution >= 4 is 0 Å². The van der Waals surface area contributed by atoms with Crippen molar-refractivity contribution in [2.24, 2.45) is 0 Å². The Morgan fingerprint density at radius 3 is 1.50 bits per heavy atom. The minimum absolute atomic E-state index is 0.0231. The second-order valence-corrected chi connectivity index (χ2v) is 10.7. The van der Waals surface area contributed by atoms with Crippen molar-refractivity contribution in [3.05, 3.63) is 65.7 Å². The number of aromatic hydroxyl groups is 2. The molecule has 4 aromatic rings.